The first-order valence-electron chi connectivity index (χ1n) is 47.5. The monoisotopic (exact) mass is 1910 g/mol. The highest BCUT2D eigenvalue weighted by Crippen LogP contribution is 2.30. The number of morpholine rings is 1. The molecule has 40 heteroatoms. The molecule has 5 aromatic rings. The van der Waals surface area contributed by atoms with Gasteiger partial charge >= 0.3 is 0 Å². The maximum absolute atomic E-state index is 15.7. The molecule has 39 nitrogen and oxygen atoms in total. The molecule has 0 saturated carbocycles. The number of aliphatic hydroxyl groups excluding tert-OH is 1. The van der Waals surface area contributed by atoms with Crippen LogP contribution in [-0.4, -0.2) is 327 Å². The number of rotatable bonds is 26. The molecule has 4 aliphatic heterocycles. The Balaban J connectivity index is 1.06. The number of nitrogens with two attached hydrogens (primary N) is 1. The highest BCUT2D eigenvalue weighted by molar-refractivity contribution is 8.00. The summed E-state index contributed by atoms with van der Waals surface area (Å²) in [4.78, 5) is 265. The minimum atomic E-state index is -1.72. The van der Waals surface area contributed by atoms with Crippen molar-refractivity contribution in [2.24, 2.45) is 23.5 Å². The van der Waals surface area contributed by atoms with Crippen molar-refractivity contribution in [2.45, 2.75) is 250 Å². The van der Waals surface area contributed by atoms with Gasteiger partial charge < -0.3 is 108 Å². The number of ether oxygens (including phenoxy) is 1. The lowest BCUT2D eigenvalue weighted by molar-refractivity contribution is -0.149. The normalized spacial score (nSPS) is 25.1. The number of phenols is 1. The van der Waals surface area contributed by atoms with Crippen LogP contribution in [0.15, 0.2) is 85.2 Å². The van der Waals surface area contributed by atoms with Crippen LogP contribution in [-0.2, 0) is 106 Å². The Hall–Kier alpha value is -12.0. The molecule has 6 heterocycles. The summed E-state index contributed by atoms with van der Waals surface area (Å²) < 4.78 is 5.46. The standard InChI is InChI=1S/C96H139N19O20S/c1-12-15-27-76-90(128)106-70(41-56(4)5)89(127)109-75(87(125)102-51-82(120)98-34-22-35-113-37-39-135-40-38-113)54-136-55-84(122)104-72(43-59-30-32-63(116)33-31-59)92(130)110(9)58(8)85(123)107-74(48-81(97)119)94(132)114-36-21-29-77(114)91(129)105-67(14-3)88(126)108-71(42-57(6)7)95(133)115-53-64(117)47-79(115)80(118)46-60(44-61-49-99-68-25-19-17-23-65(61)68)86(124)101-52-83(121)103-73(45-62-50-100-69-26-20-18-24-66(62)69)93(131)112(11)78(28-16-13-2)96(134)111(76)10/h17-20,23-26,30-33,49-50,56-58,60,64,67,70-79,99-100,116-117H,12-16,21-22,27-29,34-48,51-55H2,1-11H3,(H2,97,119)(H,98,120)(H,101,124)(H,102,125)(H,103,121)(H,104,122)(H,105,129)(H,106,128)(H,107,123)(H,108,126)(H,109,127)/t58-,60+,64+,67-,70-,71-,72-,73?,74-,75-,76-,77-,78-,79-/m0/s1. The van der Waals surface area contributed by atoms with E-state index >= 15 is 33.6 Å². The third-order valence-corrected chi connectivity index (χ3v) is 26.5. The lowest BCUT2D eigenvalue weighted by atomic mass is 9.90. The predicted octanol–water partition coefficient (Wildman–Crippen LogP) is 1.38. The summed E-state index contributed by atoms with van der Waals surface area (Å²) in [5.41, 5.74) is 8.80. The third-order valence-electron chi connectivity index (χ3n) is 25.5. The van der Waals surface area contributed by atoms with Gasteiger partial charge in [0.15, 0.2) is 5.78 Å². The molecule has 16 N–H and O–H groups in total. The number of aromatic nitrogens is 2. The summed E-state index contributed by atoms with van der Waals surface area (Å²) in [6, 6.07) is 3.30. The van der Waals surface area contributed by atoms with Gasteiger partial charge in [-0.25, -0.2) is 0 Å². The van der Waals surface area contributed by atoms with Gasteiger partial charge in [0.1, 0.15) is 72.2 Å². The quantitative estimate of drug-likeness (QED) is 0.0348. The summed E-state index contributed by atoms with van der Waals surface area (Å²) in [5.74, 6) is -16.5. The molecule has 9 rings (SSSR count). The van der Waals surface area contributed by atoms with Crippen molar-refractivity contribution in [3.63, 3.8) is 0 Å². The van der Waals surface area contributed by atoms with Crippen molar-refractivity contribution in [2.75, 3.05) is 98.2 Å². The van der Waals surface area contributed by atoms with E-state index in [2.05, 4.69) is 68.0 Å². The van der Waals surface area contributed by atoms with Crippen LogP contribution in [0.2, 0.25) is 0 Å². The number of unbranched alkanes of at least 4 members (excludes halogenated alkanes) is 2. The fourth-order valence-corrected chi connectivity index (χ4v) is 18.6. The minimum Gasteiger partial charge on any atom is -0.508 e. The van der Waals surface area contributed by atoms with Crippen molar-refractivity contribution in [3.05, 3.63) is 102 Å². The molecular formula is C96H139N19O20S. The third kappa shape index (κ3) is 30.7. The first-order chi connectivity index (χ1) is 64.9. The van der Waals surface area contributed by atoms with Gasteiger partial charge in [0.05, 0.1) is 50.6 Å². The van der Waals surface area contributed by atoms with E-state index in [4.69, 9.17) is 10.5 Å². The van der Waals surface area contributed by atoms with Gasteiger partial charge in [-0.2, -0.15) is 0 Å². The maximum atomic E-state index is 15.7. The van der Waals surface area contributed by atoms with Gasteiger partial charge in [-0.3, -0.25) is 86.4 Å². The molecule has 3 aromatic carbocycles. The smallest absolute Gasteiger partial charge is 0.246 e. The summed E-state index contributed by atoms with van der Waals surface area (Å²) in [6.45, 7) is 15.7. The van der Waals surface area contributed by atoms with Crippen molar-refractivity contribution in [1.82, 2.24) is 92.5 Å². The number of amides is 16. The van der Waals surface area contributed by atoms with Crippen LogP contribution in [0.5, 0.6) is 5.75 Å². The summed E-state index contributed by atoms with van der Waals surface area (Å²) in [5, 5.41) is 50.5. The van der Waals surface area contributed by atoms with E-state index in [9.17, 15) is 58.2 Å². The zero-order chi connectivity index (χ0) is 99.1. The molecule has 136 heavy (non-hydrogen) atoms. The Labute approximate surface area is 797 Å². The van der Waals surface area contributed by atoms with E-state index in [-0.39, 0.29) is 114 Å². The zero-order valence-electron chi connectivity index (χ0n) is 79.9. The van der Waals surface area contributed by atoms with Gasteiger partial charge in [-0.15, -0.1) is 11.8 Å². The van der Waals surface area contributed by atoms with Crippen molar-refractivity contribution < 1.29 is 96.5 Å². The minimum absolute atomic E-state index is 0.000803. The molecule has 14 atom stereocenters. The number of ketones is 1. The van der Waals surface area contributed by atoms with E-state index in [1.54, 1.807) is 59.1 Å². The van der Waals surface area contributed by atoms with Crippen LogP contribution in [0, 0.1) is 17.8 Å². The number of hydrogen-bond acceptors (Lipinski definition) is 22. The van der Waals surface area contributed by atoms with Crippen LogP contribution in [0.3, 0.4) is 0 Å². The number of primary amides is 1. The van der Waals surface area contributed by atoms with E-state index in [1.165, 1.54) is 67.0 Å². The van der Waals surface area contributed by atoms with Crippen LogP contribution in [0.1, 0.15) is 168 Å². The molecule has 4 fully saturated rings. The highest BCUT2D eigenvalue weighted by atomic mass is 32.2. The van der Waals surface area contributed by atoms with Crippen LogP contribution >= 0.6 is 11.8 Å². The Bertz CT molecular complexity index is 5000. The number of aromatic hydroxyl groups is 1. The second-order valence-electron chi connectivity index (χ2n) is 36.8. The van der Waals surface area contributed by atoms with E-state index in [0.29, 0.717) is 85.0 Å². The summed E-state index contributed by atoms with van der Waals surface area (Å²) >= 11 is 0.844. The van der Waals surface area contributed by atoms with E-state index < -0.39 is 217 Å². The number of carbonyl (C=O) groups is 17. The molecular weight excluding hydrogens is 1770 g/mol. The number of hydrogen-bond donors (Lipinski definition) is 15. The molecule has 4 saturated heterocycles. The second kappa shape index (κ2) is 52.3. The van der Waals surface area contributed by atoms with E-state index in [0.717, 1.165) is 40.0 Å². The van der Waals surface area contributed by atoms with Gasteiger partial charge in [0, 0.05) is 125 Å². The van der Waals surface area contributed by atoms with Crippen LogP contribution in [0.4, 0.5) is 0 Å². The predicted molar refractivity (Wildman–Crippen MR) is 509 cm³/mol. The van der Waals surface area contributed by atoms with Gasteiger partial charge in [0.25, 0.3) is 0 Å². The zero-order valence-corrected chi connectivity index (χ0v) is 80.8. The number of thioether (sulfide) groups is 1. The van der Waals surface area contributed by atoms with Gasteiger partial charge in [-0.05, 0) is 124 Å². The molecule has 0 spiro atoms. The average Bonchev–Trinajstić information content (AvgIpc) is 1.20. The number of likely N-dealkylation sites (N-methyl/N-ethyl adjacent to an activating group) is 3. The number of H-pyrrole nitrogens is 2. The largest absolute Gasteiger partial charge is 0.508 e. The molecule has 0 bridgehead atoms. The number of carbonyl (C=O) groups excluding carboxylic acids is 17. The molecule has 1 unspecified atom stereocenters. The number of aromatic amines is 2. The van der Waals surface area contributed by atoms with Gasteiger partial charge in [-0.1, -0.05) is 123 Å². The Morgan fingerprint density at radius 2 is 1.13 bits per heavy atom. The van der Waals surface area contributed by atoms with Crippen molar-refractivity contribution >= 4 is 134 Å². The number of para-hydroxylation sites is 2. The molecule has 4 aliphatic rings. The summed E-state index contributed by atoms with van der Waals surface area (Å²) in [6.07, 6.45) is 2.93. The Kier molecular flexibility index (Phi) is 41.4. The lowest BCUT2D eigenvalue weighted by Gasteiger charge is -2.36. The Morgan fingerprint density at radius 3 is 1.76 bits per heavy atom. The Morgan fingerprint density at radius 1 is 0.566 bits per heavy atom. The number of nitrogens with one attached hydrogen (secondary N) is 12. The van der Waals surface area contributed by atoms with E-state index in [1.807, 2.05) is 50.2 Å². The fourth-order valence-electron chi connectivity index (χ4n) is 17.7. The number of phenolic OH excluding ortho intramolecular Hbond substituents is 1. The second-order valence-corrected chi connectivity index (χ2v) is 37.8. The van der Waals surface area contributed by atoms with Crippen LogP contribution in [0.25, 0.3) is 21.8 Å². The first-order valence-corrected chi connectivity index (χ1v) is 48.6. The first kappa shape index (κ1) is 108. The number of aliphatic hydroxyl groups is 1. The SMILES string of the molecule is CCCC[C@H]1C(=O)N(C)[C@@H](CCCC)C(=O)N[C@@H](CC(C)C)C(=O)N[C@H](C(=O)NCC(=O)NCCCN2CCOCC2)CSCC(=O)N[C@@H](Cc2ccc(O)cc2)C(=O)N(C)[C@@H](C)C(=O)N[C@@H](CC(N)=O)C(=O)N2CCC[C@H]2C(=O)N[C@@H](CC)C(=O)N[C@@H](CC(C)C)C(=O)N2C[C@H](O)C[C@H]2C(=O)C[C@@H](Cc2c[nH]c3ccccc23)C(=O)NCC(=O)NC(Cc2c[nH]c3ccccc23)C(=O)N1C. The number of nitrogens with zero attached hydrogens (tertiary/aromatic N) is 6. The van der Waals surface area contributed by atoms with Crippen molar-refractivity contribution in [1.29, 1.82) is 0 Å². The number of benzene rings is 3. The van der Waals surface area contributed by atoms with Crippen molar-refractivity contribution in [3.8, 4) is 5.75 Å². The number of Topliss-reactive ketones (excluding diaryl/α,β-unsaturated/α-hetero) is 1. The molecule has 2 aromatic heterocycles. The molecule has 16 amide bonds. The highest BCUT2D eigenvalue weighted by Gasteiger charge is 2.46. The number of fused-ring (bicyclic) bond motifs is 4. The topological polar surface area (TPSA) is 537 Å². The molecule has 744 valence electrons. The molecule has 0 radical (unpaired) electrons. The lowest BCUT2D eigenvalue weighted by Crippen LogP contribution is -2.60. The molecule has 0 aliphatic carbocycles. The fraction of sp³-hybridized carbons (Fsp3) is 0.594. The average molecular weight is 1910 g/mol. The van der Waals surface area contributed by atoms with Gasteiger partial charge in [0.2, 0.25) is 94.5 Å². The van der Waals surface area contributed by atoms with Crippen LogP contribution < -0.4 is 58.9 Å². The maximum Gasteiger partial charge on any atom is 0.246 e. The summed E-state index contributed by atoms with van der Waals surface area (Å²) in [7, 11) is 4.10.